The minimum absolute atomic E-state index is 0.136. The summed E-state index contributed by atoms with van der Waals surface area (Å²) in [6.07, 6.45) is 0.136. The van der Waals surface area contributed by atoms with E-state index in [0.29, 0.717) is 6.61 Å². The van der Waals surface area contributed by atoms with Crippen LogP contribution in [0, 0.1) is 0 Å². The van der Waals surface area contributed by atoms with Crippen molar-refractivity contribution in [2.75, 3.05) is 19.7 Å². The molecule has 0 aliphatic carbocycles. The van der Waals surface area contributed by atoms with E-state index in [2.05, 4.69) is 10.3 Å². The van der Waals surface area contributed by atoms with Gasteiger partial charge in [-0.1, -0.05) is 0 Å². The smallest absolute Gasteiger partial charge is 0.161 e. The number of benzene rings is 1. The van der Waals surface area contributed by atoms with Gasteiger partial charge in [0.1, 0.15) is 5.84 Å². The highest BCUT2D eigenvalue weighted by Gasteiger charge is 2.13. The van der Waals surface area contributed by atoms with E-state index < -0.39 is 0 Å². The highest BCUT2D eigenvalue weighted by molar-refractivity contribution is 6.00. The maximum absolute atomic E-state index is 5.73. The van der Waals surface area contributed by atoms with Gasteiger partial charge in [-0.15, -0.1) is 0 Å². The first kappa shape index (κ1) is 12.7. The molecule has 0 saturated carbocycles. The van der Waals surface area contributed by atoms with Crippen LogP contribution in [0.3, 0.4) is 0 Å². The van der Waals surface area contributed by atoms with E-state index >= 15 is 0 Å². The van der Waals surface area contributed by atoms with Gasteiger partial charge in [-0.2, -0.15) is 0 Å². The zero-order chi connectivity index (χ0) is 13.0. The van der Waals surface area contributed by atoms with Gasteiger partial charge in [0.15, 0.2) is 11.5 Å². The fourth-order valence-electron chi connectivity index (χ4n) is 1.87. The molecule has 18 heavy (non-hydrogen) atoms. The molecule has 98 valence electrons. The molecule has 1 aliphatic rings. The molecule has 0 bridgehead atoms. The second kappa shape index (κ2) is 5.76. The van der Waals surface area contributed by atoms with Crippen molar-refractivity contribution in [2.24, 2.45) is 4.99 Å². The lowest BCUT2D eigenvalue weighted by atomic mass is 10.2. The summed E-state index contributed by atoms with van der Waals surface area (Å²) in [5.74, 6) is 2.50. The average Bonchev–Trinajstić information content (AvgIpc) is 2.84. The van der Waals surface area contributed by atoms with Crippen molar-refractivity contribution in [3.05, 3.63) is 23.8 Å². The number of aliphatic imine (C=N–C) groups is 1. The summed E-state index contributed by atoms with van der Waals surface area (Å²) < 4.78 is 11.4. The minimum Gasteiger partial charge on any atom is -0.490 e. The van der Waals surface area contributed by atoms with Gasteiger partial charge in [-0.25, -0.2) is 0 Å². The lowest BCUT2D eigenvalue weighted by molar-refractivity contribution is 0.224. The second-order valence-corrected chi connectivity index (χ2v) is 4.42. The summed E-state index contributed by atoms with van der Waals surface area (Å²) in [4.78, 5) is 4.41. The van der Waals surface area contributed by atoms with Crippen LogP contribution in [0.1, 0.15) is 26.3 Å². The predicted molar refractivity (Wildman–Crippen MR) is 72.8 cm³/mol. The van der Waals surface area contributed by atoms with Crippen molar-refractivity contribution >= 4 is 5.84 Å². The van der Waals surface area contributed by atoms with Crippen molar-refractivity contribution in [2.45, 2.75) is 26.9 Å². The summed E-state index contributed by atoms with van der Waals surface area (Å²) in [7, 11) is 0. The number of amidine groups is 1. The number of nitrogens with zero attached hydrogens (tertiary/aromatic N) is 1. The maximum atomic E-state index is 5.73. The zero-order valence-corrected chi connectivity index (χ0v) is 11.2. The number of hydrogen-bond donors (Lipinski definition) is 1. The molecule has 0 aromatic heterocycles. The Morgan fingerprint density at radius 3 is 2.78 bits per heavy atom. The Balaban J connectivity index is 2.27. The molecule has 4 heteroatoms. The molecule has 4 nitrogen and oxygen atoms in total. The third kappa shape index (κ3) is 2.94. The monoisotopic (exact) mass is 248 g/mol. The molecule has 0 atom stereocenters. The highest BCUT2D eigenvalue weighted by atomic mass is 16.5. The Morgan fingerprint density at radius 1 is 1.33 bits per heavy atom. The Bertz CT molecular complexity index is 441. The van der Waals surface area contributed by atoms with Crippen LogP contribution in [0.15, 0.2) is 23.2 Å². The summed E-state index contributed by atoms with van der Waals surface area (Å²) in [6.45, 7) is 8.35. The van der Waals surface area contributed by atoms with E-state index in [0.717, 1.165) is 36.0 Å². The number of rotatable bonds is 5. The van der Waals surface area contributed by atoms with Gasteiger partial charge < -0.3 is 14.8 Å². The fourth-order valence-corrected chi connectivity index (χ4v) is 1.87. The van der Waals surface area contributed by atoms with E-state index in [-0.39, 0.29) is 6.10 Å². The Morgan fingerprint density at radius 2 is 2.17 bits per heavy atom. The third-order valence-electron chi connectivity index (χ3n) is 2.55. The quantitative estimate of drug-likeness (QED) is 0.869. The summed E-state index contributed by atoms with van der Waals surface area (Å²) >= 11 is 0. The van der Waals surface area contributed by atoms with Gasteiger partial charge in [-0.05, 0) is 39.0 Å². The van der Waals surface area contributed by atoms with Crippen molar-refractivity contribution < 1.29 is 9.47 Å². The SMILES string of the molecule is CCOc1cc(C2=NCCN2)ccc1OC(C)C. The lowest BCUT2D eigenvalue weighted by Crippen LogP contribution is -2.19. The molecule has 1 aromatic carbocycles. The Kier molecular flexibility index (Phi) is 4.07. The standard InChI is InChI=1S/C14H20N2O2/c1-4-17-13-9-11(14-15-7-8-16-14)5-6-12(13)18-10(2)3/h5-6,9-10H,4,7-8H2,1-3H3,(H,15,16). The molecule has 0 spiro atoms. The van der Waals surface area contributed by atoms with E-state index in [4.69, 9.17) is 9.47 Å². The first-order chi connectivity index (χ1) is 8.70. The van der Waals surface area contributed by atoms with Gasteiger partial charge in [-0.3, -0.25) is 4.99 Å². The van der Waals surface area contributed by atoms with Crippen LogP contribution < -0.4 is 14.8 Å². The van der Waals surface area contributed by atoms with Gasteiger partial charge >= 0.3 is 0 Å². The Hall–Kier alpha value is -1.71. The van der Waals surface area contributed by atoms with Crippen LogP contribution in [0.2, 0.25) is 0 Å². The lowest BCUT2D eigenvalue weighted by Gasteiger charge is -2.15. The van der Waals surface area contributed by atoms with Crippen molar-refractivity contribution in [1.29, 1.82) is 0 Å². The van der Waals surface area contributed by atoms with Crippen LogP contribution in [-0.2, 0) is 0 Å². The first-order valence-corrected chi connectivity index (χ1v) is 6.43. The minimum atomic E-state index is 0.136. The van der Waals surface area contributed by atoms with Crippen LogP contribution >= 0.6 is 0 Å². The second-order valence-electron chi connectivity index (χ2n) is 4.42. The van der Waals surface area contributed by atoms with Gasteiger partial charge in [0.2, 0.25) is 0 Å². The van der Waals surface area contributed by atoms with Gasteiger partial charge in [0.25, 0.3) is 0 Å². The predicted octanol–water partition coefficient (Wildman–Crippen LogP) is 2.22. The fraction of sp³-hybridized carbons (Fsp3) is 0.500. The van der Waals surface area contributed by atoms with Crippen molar-refractivity contribution in [1.82, 2.24) is 5.32 Å². The van der Waals surface area contributed by atoms with E-state index in [9.17, 15) is 0 Å². The van der Waals surface area contributed by atoms with Gasteiger partial charge in [0, 0.05) is 12.1 Å². The van der Waals surface area contributed by atoms with Crippen LogP contribution in [0.25, 0.3) is 0 Å². The van der Waals surface area contributed by atoms with Gasteiger partial charge in [0.05, 0.1) is 19.3 Å². The molecular weight excluding hydrogens is 228 g/mol. The molecule has 0 fully saturated rings. The number of nitrogens with one attached hydrogen (secondary N) is 1. The average molecular weight is 248 g/mol. The van der Waals surface area contributed by atoms with Crippen molar-refractivity contribution in [3.8, 4) is 11.5 Å². The largest absolute Gasteiger partial charge is 0.490 e. The molecule has 2 rings (SSSR count). The molecule has 0 amide bonds. The number of ether oxygens (including phenoxy) is 2. The Labute approximate surface area is 108 Å². The molecule has 1 N–H and O–H groups in total. The zero-order valence-electron chi connectivity index (χ0n) is 11.2. The van der Waals surface area contributed by atoms with Crippen LogP contribution in [0.4, 0.5) is 0 Å². The molecule has 1 aliphatic heterocycles. The maximum Gasteiger partial charge on any atom is 0.161 e. The molecule has 1 heterocycles. The third-order valence-corrected chi connectivity index (χ3v) is 2.55. The van der Waals surface area contributed by atoms with Crippen LogP contribution in [0.5, 0.6) is 11.5 Å². The normalized spacial score (nSPS) is 14.3. The molecule has 0 radical (unpaired) electrons. The summed E-state index contributed by atoms with van der Waals surface area (Å²) in [6, 6.07) is 5.94. The van der Waals surface area contributed by atoms with Crippen LogP contribution in [-0.4, -0.2) is 31.6 Å². The molecular formula is C14H20N2O2. The summed E-state index contributed by atoms with van der Waals surface area (Å²) in [5.41, 5.74) is 1.05. The molecule has 0 saturated heterocycles. The van der Waals surface area contributed by atoms with E-state index in [1.165, 1.54) is 0 Å². The molecule has 0 unspecified atom stereocenters. The first-order valence-electron chi connectivity index (χ1n) is 6.43. The van der Waals surface area contributed by atoms with Crippen molar-refractivity contribution in [3.63, 3.8) is 0 Å². The summed E-state index contributed by atoms with van der Waals surface area (Å²) in [5, 5.41) is 3.26. The van der Waals surface area contributed by atoms with E-state index in [1.54, 1.807) is 0 Å². The number of hydrogen-bond acceptors (Lipinski definition) is 4. The topological polar surface area (TPSA) is 42.8 Å². The highest BCUT2D eigenvalue weighted by Crippen LogP contribution is 2.29. The molecule has 1 aromatic rings. The van der Waals surface area contributed by atoms with E-state index in [1.807, 2.05) is 39.0 Å².